The van der Waals surface area contributed by atoms with E-state index in [0.29, 0.717) is 22.9 Å². The van der Waals surface area contributed by atoms with Gasteiger partial charge in [0.05, 0.1) is 11.4 Å². The zero-order chi connectivity index (χ0) is 36.1. The van der Waals surface area contributed by atoms with Crippen LogP contribution in [0.1, 0.15) is 97.0 Å². The van der Waals surface area contributed by atoms with Gasteiger partial charge in [0.2, 0.25) is 0 Å². The van der Waals surface area contributed by atoms with Crippen LogP contribution in [0, 0.1) is 31.5 Å². The Balaban J connectivity index is 1.02. The Morgan fingerprint density at radius 2 is 1.78 bits per heavy atom. The van der Waals surface area contributed by atoms with Gasteiger partial charge >= 0.3 is 0 Å². The molecule has 0 bridgehead atoms. The van der Waals surface area contributed by atoms with Gasteiger partial charge in [0.15, 0.2) is 5.83 Å². The molecule has 0 radical (unpaired) electrons. The fourth-order valence-corrected chi connectivity index (χ4v) is 8.28. The van der Waals surface area contributed by atoms with Crippen molar-refractivity contribution in [2.24, 2.45) is 11.8 Å². The summed E-state index contributed by atoms with van der Waals surface area (Å²) >= 11 is 0. The number of benzene rings is 1. The number of aryl methyl sites for hydroxylation is 2. The summed E-state index contributed by atoms with van der Waals surface area (Å²) in [7, 11) is 1.69. The lowest BCUT2D eigenvalue weighted by Crippen LogP contribution is -2.41. The molecule has 1 aliphatic carbocycles. The molecule has 274 valence electrons. The van der Waals surface area contributed by atoms with Crippen LogP contribution in [0.3, 0.4) is 0 Å². The average Bonchev–Trinajstić information content (AvgIpc) is 3.09. The molecule has 51 heavy (non-hydrogen) atoms. The molecule has 4 aliphatic rings. The van der Waals surface area contributed by atoms with Gasteiger partial charge in [-0.3, -0.25) is 14.7 Å². The smallest absolute Gasteiger partial charge is 0.253 e. The van der Waals surface area contributed by atoms with E-state index in [1.54, 1.807) is 24.2 Å². The number of hydrogen-bond acceptors (Lipinski definition) is 6. The average molecular weight is 699 g/mol. The quantitative estimate of drug-likeness (QED) is 0.219. The third kappa shape index (κ3) is 8.80. The molecule has 2 aromatic rings. The minimum Gasteiger partial charge on any atom is -0.386 e. The van der Waals surface area contributed by atoms with Crippen LogP contribution in [0.25, 0.3) is 6.08 Å². The van der Waals surface area contributed by atoms with E-state index in [2.05, 4.69) is 40.1 Å². The largest absolute Gasteiger partial charge is 0.386 e. The Morgan fingerprint density at radius 3 is 2.45 bits per heavy atom. The van der Waals surface area contributed by atoms with E-state index in [0.717, 1.165) is 105 Å². The number of hydrogen-bond donors (Lipinski definition) is 2. The van der Waals surface area contributed by atoms with Gasteiger partial charge in [0.1, 0.15) is 5.82 Å². The van der Waals surface area contributed by atoms with Crippen molar-refractivity contribution in [2.75, 3.05) is 57.8 Å². The molecule has 1 aromatic heterocycles. The summed E-state index contributed by atoms with van der Waals surface area (Å²) in [5, 5.41) is 6.52. The standard InChI is InChI=1S/C42H56F2N6O/c1-28(21-36-31(4)47-16-10-40(36)50-27-38(44)39(45-5)23-30(50)3)26-48-17-13-34(14-18-48)41-29(2)22-35(24-37(41)43)42(51)49-19-11-33(12-20-49)25-46-15-9-32-7-6-8-32/h10,16,21-24,27,32-34,45-46H,3,6-9,11-15,17-20,25-26H2,1-2,4-5H3/b28-21+. The molecule has 2 N–H and O–H groups in total. The number of carbonyl (C=O) groups is 1. The number of piperidine rings is 2. The molecule has 1 saturated carbocycles. The Morgan fingerprint density at radius 1 is 1.04 bits per heavy atom. The number of rotatable bonds is 12. The second-order valence-corrected chi connectivity index (χ2v) is 15.2. The van der Waals surface area contributed by atoms with Crippen LogP contribution in [0.5, 0.6) is 0 Å². The van der Waals surface area contributed by atoms with E-state index < -0.39 is 0 Å². The first-order chi connectivity index (χ1) is 24.6. The lowest BCUT2D eigenvalue weighted by Gasteiger charge is -2.34. The summed E-state index contributed by atoms with van der Waals surface area (Å²) in [6, 6.07) is 5.29. The van der Waals surface area contributed by atoms with Crippen molar-refractivity contribution in [3.05, 3.63) is 99.8 Å². The maximum absolute atomic E-state index is 15.8. The Kier molecular flexibility index (Phi) is 12.1. The normalized spacial score (nSPS) is 20.0. The molecule has 0 spiro atoms. The number of anilines is 1. The summed E-state index contributed by atoms with van der Waals surface area (Å²) in [6.45, 7) is 16.3. The molecule has 1 aromatic carbocycles. The number of nitrogens with zero attached hydrogens (tertiary/aromatic N) is 4. The van der Waals surface area contributed by atoms with Crippen LogP contribution in [-0.4, -0.2) is 73.6 Å². The highest BCUT2D eigenvalue weighted by atomic mass is 19.1. The summed E-state index contributed by atoms with van der Waals surface area (Å²) in [5.74, 6) is 1.01. The van der Waals surface area contributed by atoms with Crippen molar-refractivity contribution in [1.29, 1.82) is 0 Å². The molecule has 0 unspecified atom stereocenters. The summed E-state index contributed by atoms with van der Waals surface area (Å²) in [5.41, 5.74) is 6.95. The number of aromatic nitrogens is 1. The fourth-order valence-electron chi connectivity index (χ4n) is 8.28. The second-order valence-electron chi connectivity index (χ2n) is 15.2. The van der Waals surface area contributed by atoms with Crippen molar-refractivity contribution in [3.8, 4) is 0 Å². The van der Waals surface area contributed by atoms with Crippen LogP contribution in [0.15, 0.2) is 66.0 Å². The molecule has 3 fully saturated rings. The van der Waals surface area contributed by atoms with E-state index >= 15 is 4.39 Å². The van der Waals surface area contributed by atoms with Gasteiger partial charge in [-0.2, -0.15) is 0 Å². The first-order valence-electron chi connectivity index (χ1n) is 19.0. The second kappa shape index (κ2) is 16.7. The van der Waals surface area contributed by atoms with Crippen LogP contribution in [0.4, 0.5) is 14.5 Å². The van der Waals surface area contributed by atoms with Crippen molar-refractivity contribution in [1.82, 2.24) is 25.4 Å². The van der Waals surface area contributed by atoms with Crippen molar-refractivity contribution >= 4 is 17.7 Å². The van der Waals surface area contributed by atoms with Crippen LogP contribution >= 0.6 is 0 Å². The molecule has 2 saturated heterocycles. The van der Waals surface area contributed by atoms with Gasteiger partial charge < -0.3 is 20.4 Å². The first-order valence-corrected chi connectivity index (χ1v) is 19.0. The zero-order valence-electron chi connectivity index (χ0n) is 31.0. The highest BCUT2D eigenvalue weighted by Crippen LogP contribution is 2.35. The molecular formula is C42H56F2N6O. The van der Waals surface area contributed by atoms with Gasteiger partial charge in [0, 0.05) is 61.6 Å². The number of nitrogens with one attached hydrogen (secondary N) is 2. The highest BCUT2D eigenvalue weighted by molar-refractivity contribution is 5.94. The van der Waals surface area contributed by atoms with Crippen molar-refractivity contribution in [3.63, 3.8) is 0 Å². The van der Waals surface area contributed by atoms with Gasteiger partial charge in [-0.1, -0.05) is 37.5 Å². The van der Waals surface area contributed by atoms with Gasteiger partial charge in [-0.25, -0.2) is 8.78 Å². The third-order valence-corrected chi connectivity index (χ3v) is 11.5. The van der Waals surface area contributed by atoms with Crippen LogP contribution in [0.2, 0.25) is 0 Å². The van der Waals surface area contributed by atoms with Crippen LogP contribution in [-0.2, 0) is 0 Å². The lowest BCUT2D eigenvalue weighted by atomic mass is 9.83. The number of pyridine rings is 1. The van der Waals surface area contributed by atoms with Crippen LogP contribution < -0.4 is 15.5 Å². The number of likely N-dealkylation sites (N-methyl/N-ethyl adjacent to an activating group) is 1. The number of allylic oxidation sites excluding steroid dienone is 2. The SMILES string of the molecule is C=C1C=C(NC)C(F)=CN1c1ccnc(C)c1/C=C(\C)CN1CCC(c2c(C)cc(C(=O)N3CCC(CNCCC4CCC4)CC3)cc2F)CC1. The summed E-state index contributed by atoms with van der Waals surface area (Å²) in [6.07, 6.45) is 16.2. The van der Waals surface area contributed by atoms with E-state index in [4.69, 9.17) is 0 Å². The highest BCUT2D eigenvalue weighted by Gasteiger charge is 2.28. The fraction of sp³-hybridized carbons (Fsp3) is 0.524. The van der Waals surface area contributed by atoms with Crippen molar-refractivity contribution in [2.45, 2.75) is 78.1 Å². The monoisotopic (exact) mass is 698 g/mol. The molecule has 7 nitrogen and oxygen atoms in total. The first kappa shape index (κ1) is 37.0. The molecule has 9 heteroatoms. The van der Waals surface area contributed by atoms with Gasteiger partial charge in [0.25, 0.3) is 5.91 Å². The van der Waals surface area contributed by atoms with E-state index in [9.17, 15) is 9.18 Å². The van der Waals surface area contributed by atoms with Crippen molar-refractivity contribution < 1.29 is 13.6 Å². The van der Waals surface area contributed by atoms with Gasteiger partial charge in [-0.05, 0) is 132 Å². The summed E-state index contributed by atoms with van der Waals surface area (Å²) < 4.78 is 30.5. The number of amides is 1. The van der Waals surface area contributed by atoms with E-state index in [-0.39, 0.29) is 23.5 Å². The van der Waals surface area contributed by atoms with E-state index in [1.807, 2.05) is 30.9 Å². The number of carbonyl (C=O) groups excluding carboxylic acids is 1. The molecule has 0 atom stereocenters. The number of likely N-dealkylation sites (tertiary alicyclic amines) is 2. The lowest BCUT2D eigenvalue weighted by molar-refractivity contribution is 0.0689. The topological polar surface area (TPSA) is 63.7 Å². The Labute approximate surface area is 303 Å². The number of halogens is 2. The molecule has 3 aliphatic heterocycles. The maximum Gasteiger partial charge on any atom is 0.253 e. The molecule has 1 amide bonds. The van der Waals surface area contributed by atoms with Gasteiger partial charge in [-0.15, -0.1) is 0 Å². The summed E-state index contributed by atoms with van der Waals surface area (Å²) in [4.78, 5) is 24.0. The maximum atomic E-state index is 15.8. The molecule has 6 rings (SSSR count). The van der Waals surface area contributed by atoms with E-state index in [1.165, 1.54) is 43.5 Å². The third-order valence-electron chi connectivity index (χ3n) is 11.5. The minimum absolute atomic E-state index is 0.0472. The zero-order valence-corrected chi connectivity index (χ0v) is 31.0. The predicted molar refractivity (Wildman–Crippen MR) is 204 cm³/mol. The minimum atomic E-state index is -0.352. The predicted octanol–water partition coefficient (Wildman–Crippen LogP) is 8.00. The molecule has 4 heterocycles. The Hall–Kier alpha value is -3.82. The molecular weight excluding hydrogens is 642 g/mol. The Bertz CT molecular complexity index is 1650.